The Morgan fingerprint density at radius 3 is 2.38 bits per heavy atom. The molecule has 0 spiro atoms. The molecule has 0 bridgehead atoms. The summed E-state index contributed by atoms with van der Waals surface area (Å²) in [6.07, 6.45) is 6.66. The average Bonchev–Trinajstić information content (AvgIpc) is 2.77. The van der Waals surface area contributed by atoms with Gasteiger partial charge in [-0.2, -0.15) is 0 Å². The lowest BCUT2D eigenvalue weighted by Crippen LogP contribution is -2.41. The Morgan fingerprint density at radius 2 is 1.88 bits per heavy atom. The quantitative estimate of drug-likeness (QED) is 0.720. The molecule has 1 unspecified atom stereocenters. The minimum absolute atomic E-state index is 0.0340. The van der Waals surface area contributed by atoms with Crippen molar-refractivity contribution in [2.24, 2.45) is 5.92 Å². The Hall–Kier alpha value is -0.0800. The molecule has 0 aromatic rings. The second-order valence-corrected chi connectivity index (χ2v) is 5.63. The highest BCUT2D eigenvalue weighted by Gasteiger charge is 2.26. The Bertz CT molecular complexity index is 185. The van der Waals surface area contributed by atoms with Crippen LogP contribution in [0.5, 0.6) is 0 Å². The minimum atomic E-state index is 0.0340. The number of hydrogen-bond acceptors (Lipinski definition) is 2. The van der Waals surface area contributed by atoms with E-state index in [0.29, 0.717) is 6.04 Å². The fraction of sp³-hybridized carbons (Fsp3) is 1.00. The first-order chi connectivity index (χ1) is 7.59. The van der Waals surface area contributed by atoms with Gasteiger partial charge in [-0.3, -0.25) is 0 Å². The van der Waals surface area contributed by atoms with Crippen molar-refractivity contribution in [3.63, 3.8) is 0 Å². The molecular formula is C14H29NO. The molecule has 0 radical (unpaired) electrons. The summed E-state index contributed by atoms with van der Waals surface area (Å²) in [6.45, 7) is 10.7. The summed E-state index contributed by atoms with van der Waals surface area (Å²) in [7, 11) is 0. The maximum Gasteiger partial charge on any atom is 0.0629 e. The third kappa shape index (κ3) is 4.42. The lowest BCUT2D eigenvalue weighted by atomic mass is 9.98. The molecule has 1 rings (SSSR count). The Kier molecular flexibility index (Phi) is 5.77. The zero-order valence-corrected chi connectivity index (χ0v) is 11.5. The third-order valence-electron chi connectivity index (χ3n) is 3.94. The van der Waals surface area contributed by atoms with Crippen molar-refractivity contribution in [2.45, 2.75) is 71.4 Å². The molecule has 1 N–H and O–H groups in total. The van der Waals surface area contributed by atoms with E-state index in [-0.39, 0.29) is 5.60 Å². The van der Waals surface area contributed by atoms with Crippen molar-refractivity contribution in [3.05, 3.63) is 0 Å². The SMILES string of the molecule is CCNC(COC(C)(C)CC)C1CCCC1. The van der Waals surface area contributed by atoms with Gasteiger partial charge in [0, 0.05) is 6.04 Å². The van der Waals surface area contributed by atoms with Gasteiger partial charge in [0.1, 0.15) is 0 Å². The van der Waals surface area contributed by atoms with E-state index in [1.807, 2.05) is 0 Å². The van der Waals surface area contributed by atoms with Crippen LogP contribution < -0.4 is 5.32 Å². The minimum Gasteiger partial charge on any atom is -0.374 e. The van der Waals surface area contributed by atoms with E-state index in [4.69, 9.17) is 4.74 Å². The fourth-order valence-corrected chi connectivity index (χ4v) is 2.40. The van der Waals surface area contributed by atoms with Crippen molar-refractivity contribution in [1.29, 1.82) is 0 Å². The van der Waals surface area contributed by atoms with Crippen molar-refractivity contribution >= 4 is 0 Å². The van der Waals surface area contributed by atoms with Gasteiger partial charge in [-0.1, -0.05) is 26.7 Å². The average molecular weight is 227 g/mol. The summed E-state index contributed by atoms with van der Waals surface area (Å²) in [5, 5.41) is 3.60. The fourth-order valence-electron chi connectivity index (χ4n) is 2.40. The molecule has 16 heavy (non-hydrogen) atoms. The summed E-state index contributed by atoms with van der Waals surface area (Å²) < 4.78 is 6.04. The van der Waals surface area contributed by atoms with Gasteiger partial charge in [0.05, 0.1) is 12.2 Å². The monoisotopic (exact) mass is 227 g/mol. The molecule has 2 heteroatoms. The van der Waals surface area contributed by atoms with Gasteiger partial charge in [-0.15, -0.1) is 0 Å². The molecule has 0 heterocycles. The van der Waals surface area contributed by atoms with Crippen LogP contribution in [-0.2, 0) is 4.74 Å². The lowest BCUT2D eigenvalue weighted by Gasteiger charge is -2.30. The van der Waals surface area contributed by atoms with E-state index in [0.717, 1.165) is 25.5 Å². The van der Waals surface area contributed by atoms with Gasteiger partial charge < -0.3 is 10.1 Å². The van der Waals surface area contributed by atoms with E-state index < -0.39 is 0 Å². The molecule has 1 aliphatic rings. The first kappa shape index (κ1) is 14.0. The number of ether oxygens (including phenoxy) is 1. The standard InChI is InChI=1S/C14H29NO/c1-5-14(3,4)16-11-13(15-6-2)12-9-7-8-10-12/h12-13,15H,5-11H2,1-4H3. The van der Waals surface area contributed by atoms with E-state index >= 15 is 0 Å². The summed E-state index contributed by atoms with van der Waals surface area (Å²) in [6, 6.07) is 0.568. The molecule has 0 saturated heterocycles. The first-order valence-electron chi connectivity index (χ1n) is 6.96. The lowest BCUT2D eigenvalue weighted by molar-refractivity contribution is -0.0368. The van der Waals surface area contributed by atoms with Crippen LogP contribution in [-0.4, -0.2) is 24.8 Å². The molecular weight excluding hydrogens is 198 g/mol. The molecule has 1 saturated carbocycles. The van der Waals surface area contributed by atoms with E-state index in [1.165, 1.54) is 25.7 Å². The van der Waals surface area contributed by atoms with Crippen LogP contribution in [0.1, 0.15) is 59.8 Å². The normalized spacial score (nSPS) is 20.2. The van der Waals surface area contributed by atoms with E-state index in [2.05, 4.69) is 33.0 Å². The predicted molar refractivity (Wildman–Crippen MR) is 69.7 cm³/mol. The molecule has 2 nitrogen and oxygen atoms in total. The van der Waals surface area contributed by atoms with Crippen LogP contribution in [0.25, 0.3) is 0 Å². The van der Waals surface area contributed by atoms with Crippen molar-refractivity contribution < 1.29 is 4.74 Å². The highest BCUT2D eigenvalue weighted by atomic mass is 16.5. The predicted octanol–water partition coefficient (Wildman–Crippen LogP) is 3.36. The highest BCUT2D eigenvalue weighted by molar-refractivity contribution is 4.81. The summed E-state index contributed by atoms with van der Waals surface area (Å²) in [4.78, 5) is 0. The Labute approximate surface area is 101 Å². The van der Waals surface area contributed by atoms with Crippen LogP contribution in [0.15, 0.2) is 0 Å². The topological polar surface area (TPSA) is 21.3 Å². The van der Waals surface area contributed by atoms with Crippen molar-refractivity contribution in [2.75, 3.05) is 13.2 Å². The molecule has 0 aromatic carbocycles. The van der Waals surface area contributed by atoms with Gasteiger partial charge in [0.2, 0.25) is 0 Å². The molecule has 0 aromatic heterocycles. The first-order valence-corrected chi connectivity index (χ1v) is 6.96. The summed E-state index contributed by atoms with van der Waals surface area (Å²) in [5.74, 6) is 0.840. The van der Waals surface area contributed by atoms with Crippen LogP contribution in [0.4, 0.5) is 0 Å². The van der Waals surface area contributed by atoms with Crippen molar-refractivity contribution in [3.8, 4) is 0 Å². The highest BCUT2D eigenvalue weighted by Crippen LogP contribution is 2.28. The van der Waals surface area contributed by atoms with Crippen LogP contribution in [0, 0.1) is 5.92 Å². The van der Waals surface area contributed by atoms with Gasteiger partial charge in [0.25, 0.3) is 0 Å². The molecule has 0 amide bonds. The maximum absolute atomic E-state index is 6.04. The van der Waals surface area contributed by atoms with Gasteiger partial charge in [-0.25, -0.2) is 0 Å². The third-order valence-corrected chi connectivity index (χ3v) is 3.94. The van der Waals surface area contributed by atoms with Crippen molar-refractivity contribution in [1.82, 2.24) is 5.32 Å². The largest absolute Gasteiger partial charge is 0.374 e. The summed E-state index contributed by atoms with van der Waals surface area (Å²) in [5.41, 5.74) is 0.0340. The molecule has 1 fully saturated rings. The number of hydrogen-bond donors (Lipinski definition) is 1. The Balaban J connectivity index is 2.38. The maximum atomic E-state index is 6.04. The van der Waals surface area contributed by atoms with Crippen LogP contribution in [0.2, 0.25) is 0 Å². The van der Waals surface area contributed by atoms with Gasteiger partial charge >= 0.3 is 0 Å². The zero-order chi connectivity index (χ0) is 12.0. The van der Waals surface area contributed by atoms with Crippen LogP contribution in [0.3, 0.4) is 0 Å². The molecule has 1 atom stereocenters. The molecule has 0 aliphatic heterocycles. The zero-order valence-electron chi connectivity index (χ0n) is 11.5. The van der Waals surface area contributed by atoms with Gasteiger partial charge in [0.15, 0.2) is 0 Å². The summed E-state index contributed by atoms with van der Waals surface area (Å²) >= 11 is 0. The second-order valence-electron chi connectivity index (χ2n) is 5.63. The van der Waals surface area contributed by atoms with Gasteiger partial charge in [-0.05, 0) is 45.6 Å². The number of rotatable bonds is 7. The molecule has 1 aliphatic carbocycles. The smallest absolute Gasteiger partial charge is 0.0629 e. The second kappa shape index (κ2) is 6.61. The molecule has 96 valence electrons. The van der Waals surface area contributed by atoms with E-state index in [9.17, 15) is 0 Å². The van der Waals surface area contributed by atoms with Crippen LogP contribution >= 0.6 is 0 Å². The van der Waals surface area contributed by atoms with E-state index in [1.54, 1.807) is 0 Å². The number of nitrogens with one attached hydrogen (secondary N) is 1. The Morgan fingerprint density at radius 1 is 1.25 bits per heavy atom. The number of likely N-dealkylation sites (N-methyl/N-ethyl adjacent to an activating group) is 1.